The van der Waals surface area contributed by atoms with Crippen LogP contribution in [0.25, 0.3) is 0 Å². The topological polar surface area (TPSA) is 70.0 Å². The molecular weight excluding hydrogens is 308 g/mol. The zero-order valence-corrected chi connectivity index (χ0v) is 16.0. The third kappa shape index (κ3) is 12.5. The summed E-state index contributed by atoms with van der Waals surface area (Å²) in [6.07, 6.45) is 13.8. The van der Waals surface area contributed by atoms with E-state index in [1.165, 1.54) is 38.5 Å². The van der Waals surface area contributed by atoms with E-state index in [4.69, 9.17) is 5.26 Å². The molecule has 0 aromatic heterocycles. The molecule has 0 heterocycles. The molecule has 1 atom stereocenters. The van der Waals surface area contributed by atoms with Crippen molar-refractivity contribution in [3.8, 4) is 6.07 Å². The number of sulfonamides is 1. The molecule has 0 saturated heterocycles. The highest BCUT2D eigenvalue weighted by atomic mass is 32.2. The molecule has 1 N–H and O–H groups in total. The van der Waals surface area contributed by atoms with Crippen molar-refractivity contribution in [2.45, 2.75) is 103 Å². The van der Waals surface area contributed by atoms with Crippen LogP contribution in [0, 0.1) is 11.3 Å². The van der Waals surface area contributed by atoms with E-state index in [-0.39, 0.29) is 0 Å². The van der Waals surface area contributed by atoms with E-state index in [0.29, 0.717) is 13.0 Å². The first-order valence-electron chi connectivity index (χ1n) is 9.46. The second-order valence-electron chi connectivity index (χ2n) is 6.38. The molecular formula is C18H36N2O2S. The number of hydrogen-bond donors (Lipinski definition) is 1. The summed E-state index contributed by atoms with van der Waals surface area (Å²) in [7, 11) is -3.48. The van der Waals surface area contributed by atoms with Gasteiger partial charge in [-0.15, -0.1) is 0 Å². The van der Waals surface area contributed by atoms with Crippen LogP contribution in [0.1, 0.15) is 97.3 Å². The molecule has 0 aliphatic carbocycles. The molecule has 0 rings (SSSR count). The number of hydrogen-bond acceptors (Lipinski definition) is 3. The van der Waals surface area contributed by atoms with Crippen LogP contribution in [-0.2, 0) is 10.0 Å². The van der Waals surface area contributed by atoms with Gasteiger partial charge in [-0.25, -0.2) is 13.1 Å². The third-order valence-electron chi connectivity index (χ3n) is 4.17. The lowest BCUT2D eigenvalue weighted by atomic mass is 10.1. The molecule has 136 valence electrons. The smallest absolute Gasteiger partial charge is 0.214 e. The van der Waals surface area contributed by atoms with Gasteiger partial charge in [-0.3, -0.25) is 0 Å². The first-order valence-corrected chi connectivity index (χ1v) is 11.0. The van der Waals surface area contributed by atoms with E-state index in [1.807, 2.05) is 6.07 Å². The van der Waals surface area contributed by atoms with E-state index >= 15 is 0 Å². The Morgan fingerprint density at radius 3 is 1.83 bits per heavy atom. The van der Waals surface area contributed by atoms with Crippen LogP contribution >= 0.6 is 0 Å². The van der Waals surface area contributed by atoms with Crippen molar-refractivity contribution in [1.82, 2.24) is 4.72 Å². The molecule has 0 aromatic rings. The summed E-state index contributed by atoms with van der Waals surface area (Å²) in [6, 6.07) is 1.96. The lowest BCUT2D eigenvalue weighted by molar-refractivity contribution is 0.548. The molecule has 0 radical (unpaired) electrons. The van der Waals surface area contributed by atoms with Crippen molar-refractivity contribution in [1.29, 1.82) is 5.26 Å². The van der Waals surface area contributed by atoms with Crippen molar-refractivity contribution >= 4 is 10.0 Å². The number of nitrogens with zero attached hydrogens (tertiary/aromatic N) is 1. The number of unbranched alkanes of at least 4 members (excludes halogenated alkanes) is 10. The van der Waals surface area contributed by atoms with Gasteiger partial charge < -0.3 is 0 Å². The van der Waals surface area contributed by atoms with Gasteiger partial charge in [-0.2, -0.15) is 5.26 Å². The van der Waals surface area contributed by atoms with Gasteiger partial charge in [-0.1, -0.05) is 84.5 Å². The Bertz CT molecular complexity index is 402. The molecule has 0 spiro atoms. The molecule has 0 aliphatic rings. The lowest BCUT2D eigenvalue weighted by Crippen LogP contribution is -2.34. The molecule has 5 heteroatoms. The minimum atomic E-state index is -3.48. The van der Waals surface area contributed by atoms with Gasteiger partial charge in [0.05, 0.1) is 6.07 Å². The maximum Gasteiger partial charge on any atom is 0.227 e. The van der Waals surface area contributed by atoms with E-state index in [1.54, 1.807) is 0 Å². The second kappa shape index (κ2) is 15.0. The molecule has 4 nitrogen and oxygen atoms in total. The summed E-state index contributed by atoms with van der Waals surface area (Å²) in [6.45, 7) is 4.82. The summed E-state index contributed by atoms with van der Waals surface area (Å²) in [4.78, 5) is 0. The predicted octanol–water partition coefficient (Wildman–Crippen LogP) is 4.91. The van der Waals surface area contributed by atoms with Crippen molar-refractivity contribution < 1.29 is 8.42 Å². The number of nitriles is 1. The average Bonchev–Trinajstić information content (AvgIpc) is 2.53. The Morgan fingerprint density at radius 1 is 0.826 bits per heavy atom. The molecule has 0 fully saturated rings. The molecule has 0 amide bonds. The van der Waals surface area contributed by atoms with Crippen molar-refractivity contribution in [2.24, 2.45) is 0 Å². The van der Waals surface area contributed by atoms with Crippen LogP contribution < -0.4 is 4.72 Å². The lowest BCUT2D eigenvalue weighted by Gasteiger charge is -2.12. The SMILES string of the molecule is CCCCCCCCNS(=O)(=O)C(C#N)CCCCCCCC. The highest BCUT2D eigenvalue weighted by Gasteiger charge is 2.23. The molecule has 0 saturated carbocycles. The fourth-order valence-electron chi connectivity index (χ4n) is 2.62. The second-order valence-corrected chi connectivity index (χ2v) is 8.33. The normalized spacial score (nSPS) is 12.9. The minimum Gasteiger partial charge on any atom is -0.214 e. The van der Waals surface area contributed by atoms with Crippen LogP contribution in [0.2, 0.25) is 0 Å². The van der Waals surface area contributed by atoms with E-state index in [0.717, 1.165) is 38.5 Å². The van der Waals surface area contributed by atoms with Gasteiger partial charge >= 0.3 is 0 Å². The Kier molecular flexibility index (Phi) is 14.6. The predicted molar refractivity (Wildman–Crippen MR) is 97.7 cm³/mol. The van der Waals surface area contributed by atoms with Gasteiger partial charge in [0.1, 0.15) is 0 Å². The summed E-state index contributed by atoms with van der Waals surface area (Å²) < 4.78 is 26.9. The van der Waals surface area contributed by atoms with E-state index in [2.05, 4.69) is 18.6 Å². The van der Waals surface area contributed by atoms with E-state index in [9.17, 15) is 8.42 Å². The van der Waals surface area contributed by atoms with Crippen LogP contribution in [0.15, 0.2) is 0 Å². The van der Waals surface area contributed by atoms with Crippen LogP contribution in [0.4, 0.5) is 0 Å². The van der Waals surface area contributed by atoms with Crippen molar-refractivity contribution in [3.63, 3.8) is 0 Å². The fourth-order valence-corrected chi connectivity index (χ4v) is 3.87. The van der Waals surface area contributed by atoms with Gasteiger partial charge in [-0.05, 0) is 12.8 Å². The quantitative estimate of drug-likeness (QED) is 0.404. The van der Waals surface area contributed by atoms with Gasteiger partial charge in [0.25, 0.3) is 0 Å². The maximum atomic E-state index is 12.1. The maximum absolute atomic E-state index is 12.1. The number of nitrogens with one attached hydrogen (secondary N) is 1. The summed E-state index contributed by atoms with van der Waals surface area (Å²) in [5.74, 6) is 0. The zero-order chi connectivity index (χ0) is 17.4. The van der Waals surface area contributed by atoms with Gasteiger partial charge in [0, 0.05) is 6.54 Å². The van der Waals surface area contributed by atoms with Crippen LogP contribution in [0.5, 0.6) is 0 Å². The Morgan fingerprint density at radius 2 is 1.30 bits per heavy atom. The first-order chi connectivity index (χ1) is 11.1. The fraction of sp³-hybridized carbons (Fsp3) is 0.944. The van der Waals surface area contributed by atoms with E-state index < -0.39 is 15.3 Å². The van der Waals surface area contributed by atoms with Crippen molar-refractivity contribution in [3.05, 3.63) is 0 Å². The summed E-state index contributed by atoms with van der Waals surface area (Å²) in [5.41, 5.74) is 0. The highest BCUT2D eigenvalue weighted by molar-refractivity contribution is 7.90. The average molecular weight is 345 g/mol. The number of rotatable bonds is 16. The molecule has 1 unspecified atom stereocenters. The van der Waals surface area contributed by atoms with Crippen LogP contribution in [-0.4, -0.2) is 20.2 Å². The Hall–Kier alpha value is -0.600. The first kappa shape index (κ1) is 22.4. The largest absolute Gasteiger partial charge is 0.227 e. The minimum absolute atomic E-state index is 0.453. The summed E-state index contributed by atoms with van der Waals surface area (Å²) >= 11 is 0. The molecule has 0 aliphatic heterocycles. The van der Waals surface area contributed by atoms with Gasteiger partial charge in [0.15, 0.2) is 5.25 Å². The standard InChI is InChI=1S/C18H36N2O2S/c1-3-5-7-9-11-13-15-18(17-19)23(21,22)20-16-14-12-10-8-6-4-2/h18,20H,3-16H2,1-2H3. The third-order valence-corrected chi connectivity index (χ3v) is 5.87. The molecule has 0 bridgehead atoms. The summed E-state index contributed by atoms with van der Waals surface area (Å²) in [5, 5.41) is 8.24. The Balaban J connectivity index is 3.86. The van der Waals surface area contributed by atoms with Crippen LogP contribution in [0.3, 0.4) is 0 Å². The van der Waals surface area contributed by atoms with Crippen molar-refractivity contribution in [2.75, 3.05) is 6.54 Å². The van der Waals surface area contributed by atoms with Gasteiger partial charge in [0.2, 0.25) is 10.0 Å². The molecule has 23 heavy (non-hydrogen) atoms. The Labute approximate surface area is 144 Å². The highest BCUT2D eigenvalue weighted by Crippen LogP contribution is 2.13. The molecule has 0 aromatic carbocycles. The zero-order valence-electron chi connectivity index (χ0n) is 15.1. The monoisotopic (exact) mass is 344 g/mol.